The number of benzene rings is 2. The zero-order valence-electron chi connectivity index (χ0n) is 25.2. The molecule has 47 heavy (non-hydrogen) atoms. The van der Waals surface area contributed by atoms with E-state index in [2.05, 4.69) is 25.0 Å². The standard InChI is InChI=1S/C30H30ClN5O10S/c1-40-13-5-7-26-33-28(36-47(38,39)20-9-11-22-24(17-20)45-18-44-22)27(46-23-16-19(41-2)8-10-21(23)31)29(34-26)42-14-15-43-30(37)35-25-6-3-4-12-32-25/h3-4,6,8-12,16-17H,5,7,13-15,18H2,1-2H3,(H,32,35,37)(H,33,34,36). The summed E-state index contributed by atoms with van der Waals surface area (Å²) in [7, 11) is -1.25. The zero-order chi connectivity index (χ0) is 33.2. The number of aryl methyl sites for hydroxylation is 1. The second kappa shape index (κ2) is 15.5. The number of rotatable bonds is 15. The highest BCUT2D eigenvalue weighted by atomic mass is 35.5. The number of pyridine rings is 1. The fourth-order valence-corrected chi connectivity index (χ4v) is 5.27. The highest BCUT2D eigenvalue weighted by Crippen LogP contribution is 2.41. The maximum Gasteiger partial charge on any atom is 0.412 e. The number of halogens is 1. The van der Waals surface area contributed by atoms with E-state index in [1.807, 2.05) is 0 Å². The normalized spacial score (nSPS) is 11.9. The molecule has 0 saturated heterocycles. The Labute approximate surface area is 275 Å². The summed E-state index contributed by atoms with van der Waals surface area (Å²) in [6.45, 7) is -0.0355. The summed E-state index contributed by atoms with van der Waals surface area (Å²) < 4.78 is 68.1. The van der Waals surface area contributed by atoms with Crippen molar-refractivity contribution in [2.24, 2.45) is 0 Å². The summed E-state index contributed by atoms with van der Waals surface area (Å²) >= 11 is 6.42. The van der Waals surface area contributed by atoms with Gasteiger partial charge in [0.1, 0.15) is 36.4 Å². The van der Waals surface area contributed by atoms with Crippen LogP contribution in [-0.4, -0.2) is 70.3 Å². The Hall–Kier alpha value is -5.06. The Morgan fingerprint density at radius 2 is 1.85 bits per heavy atom. The first-order valence-electron chi connectivity index (χ1n) is 14.1. The Morgan fingerprint density at radius 3 is 2.64 bits per heavy atom. The molecule has 2 N–H and O–H groups in total. The van der Waals surface area contributed by atoms with Gasteiger partial charge in [-0.15, -0.1) is 0 Å². The molecule has 4 aromatic rings. The average Bonchev–Trinajstić information content (AvgIpc) is 3.54. The first-order chi connectivity index (χ1) is 22.8. The lowest BCUT2D eigenvalue weighted by atomic mass is 10.3. The molecular weight excluding hydrogens is 658 g/mol. The first kappa shape index (κ1) is 33.3. The molecule has 0 saturated carbocycles. The van der Waals surface area contributed by atoms with Crippen molar-refractivity contribution < 1.29 is 46.4 Å². The lowest BCUT2D eigenvalue weighted by molar-refractivity contribution is 0.135. The molecule has 2 aromatic heterocycles. The van der Waals surface area contributed by atoms with Crippen LogP contribution < -0.4 is 33.7 Å². The van der Waals surface area contributed by atoms with Crippen molar-refractivity contribution in [1.82, 2.24) is 15.0 Å². The van der Waals surface area contributed by atoms with Crippen molar-refractivity contribution in [3.63, 3.8) is 0 Å². The first-order valence-corrected chi connectivity index (χ1v) is 15.9. The predicted octanol–water partition coefficient (Wildman–Crippen LogP) is 5.06. The number of hydrogen-bond donors (Lipinski definition) is 2. The Balaban J connectivity index is 1.46. The number of methoxy groups -OCH3 is 2. The molecule has 0 radical (unpaired) electrons. The van der Waals surface area contributed by atoms with Crippen LogP contribution in [0.3, 0.4) is 0 Å². The lowest BCUT2D eigenvalue weighted by Crippen LogP contribution is -2.19. The Bertz CT molecular complexity index is 1810. The van der Waals surface area contributed by atoms with Gasteiger partial charge in [0.15, 0.2) is 17.3 Å². The topological polar surface area (TPSA) is 179 Å². The Kier molecular flexibility index (Phi) is 11.0. The van der Waals surface area contributed by atoms with Crippen LogP contribution in [0.5, 0.6) is 34.6 Å². The molecule has 3 heterocycles. The second-order valence-corrected chi connectivity index (χ2v) is 11.7. The minimum atomic E-state index is -4.27. The fraction of sp³-hybridized carbons (Fsp3) is 0.267. The van der Waals surface area contributed by atoms with Crippen LogP contribution in [0, 0.1) is 0 Å². The molecule has 2 aromatic carbocycles. The van der Waals surface area contributed by atoms with Crippen LogP contribution in [-0.2, 0) is 25.9 Å². The van der Waals surface area contributed by atoms with Crippen molar-refractivity contribution >= 4 is 39.4 Å². The molecule has 1 aliphatic heterocycles. The molecule has 0 unspecified atom stereocenters. The van der Waals surface area contributed by atoms with Gasteiger partial charge in [-0.2, -0.15) is 4.98 Å². The SMILES string of the molecule is COCCCc1nc(NS(=O)(=O)c2ccc3c(c2)OCO3)c(Oc2cc(OC)ccc2Cl)c(OCCOC(=O)Nc2ccccn2)n1. The summed E-state index contributed by atoms with van der Waals surface area (Å²) in [5.74, 6) is 1.12. The second-order valence-electron chi connectivity index (χ2n) is 9.56. The number of aromatic nitrogens is 3. The van der Waals surface area contributed by atoms with Gasteiger partial charge in [0.2, 0.25) is 12.5 Å². The van der Waals surface area contributed by atoms with Gasteiger partial charge in [0, 0.05) is 38.5 Å². The number of hydrogen-bond acceptors (Lipinski definition) is 13. The van der Waals surface area contributed by atoms with Gasteiger partial charge in [-0.05, 0) is 42.8 Å². The van der Waals surface area contributed by atoms with Crippen LogP contribution in [0.2, 0.25) is 5.02 Å². The number of sulfonamides is 1. The van der Waals surface area contributed by atoms with Gasteiger partial charge in [-0.3, -0.25) is 10.0 Å². The smallest absolute Gasteiger partial charge is 0.412 e. The van der Waals surface area contributed by atoms with E-state index in [1.165, 1.54) is 37.6 Å². The average molecular weight is 688 g/mol. The molecule has 0 spiro atoms. The minimum absolute atomic E-state index is 0.0302. The predicted molar refractivity (Wildman–Crippen MR) is 168 cm³/mol. The number of nitrogens with one attached hydrogen (secondary N) is 2. The number of carbonyl (C=O) groups excluding carboxylic acids is 1. The summed E-state index contributed by atoms with van der Waals surface area (Å²) in [5, 5.41) is 2.68. The molecule has 5 rings (SSSR count). The third-order valence-electron chi connectivity index (χ3n) is 6.32. The molecular formula is C30H30ClN5O10S. The summed E-state index contributed by atoms with van der Waals surface area (Å²) in [6, 6.07) is 13.9. The third kappa shape index (κ3) is 8.81. The van der Waals surface area contributed by atoms with Gasteiger partial charge in [0.25, 0.3) is 15.9 Å². The summed E-state index contributed by atoms with van der Waals surface area (Å²) in [6.07, 6.45) is 1.58. The van der Waals surface area contributed by atoms with Crippen LogP contribution >= 0.6 is 11.6 Å². The fourth-order valence-electron chi connectivity index (χ4n) is 4.10. The van der Waals surface area contributed by atoms with Crippen molar-refractivity contribution in [2.45, 2.75) is 17.7 Å². The third-order valence-corrected chi connectivity index (χ3v) is 7.96. The number of anilines is 2. The van der Waals surface area contributed by atoms with Crippen molar-refractivity contribution in [3.8, 4) is 34.6 Å². The summed E-state index contributed by atoms with van der Waals surface area (Å²) in [5.41, 5.74) is 0. The molecule has 0 fully saturated rings. The quantitative estimate of drug-likeness (QED) is 0.159. The van der Waals surface area contributed by atoms with Gasteiger partial charge >= 0.3 is 6.09 Å². The van der Waals surface area contributed by atoms with Crippen molar-refractivity contribution in [2.75, 3.05) is 50.9 Å². The number of fused-ring (bicyclic) bond motifs is 1. The van der Waals surface area contributed by atoms with Crippen LogP contribution in [0.25, 0.3) is 0 Å². The number of ether oxygens (including phenoxy) is 7. The Morgan fingerprint density at radius 1 is 1.00 bits per heavy atom. The maximum atomic E-state index is 13.6. The molecule has 248 valence electrons. The largest absolute Gasteiger partial charge is 0.497 e. The van der Waals surface area contributed by atoms with Crippen molar-refractivity contribution in [1.29, 1.82) is 0 Å². The molecule has 1 aliphatic rings. The van der Waals surface area contributed by atoms with Crippen LogP contribution in [0.4, 0.5) is 16.4 Å². The van der Waals surface area contributed by atoms with E-state index in [0.29, 0.717) is 36.8 Å². The lowest BCUT2D eigenvalue weighted by Gasteiger charge is -2.18. The molecule has 17 heteroatoms. The molecule has 0 bridgehead atoms. The van der Waals surface area contributed by atoms with E-state index in [4.69, 9.17) is 44.8 Å². The summed E-state index contributed by atoms with van der Waals surface area (Å²) in [4.78, 5) is 25.1. The monoisotopic (exact) mass is 687 g/mol. The number of amides is 1. The van der Waals surface area contributed by atoms with E-state index in [9.17, 15) is 13.2 Å². The van der Waals surface area contributed by atoms with E-state index in [0.717, 1.165) is 0 Å². The highest BCUT2D eigenvalue weighted by Gasteiger charge is 2.26. The van der Waals surface area contributed by atoms with Gasteiger partial charge in [0.05, 0.1) is 17.0 Å². The molecule has 0 aliphatic carbocycles. The van der Waals surface area contributed by atoms with E-state index in [-0.39, 0.29) is 64.7 Å². The molecule has 15 nitrogen and oxygen atoms in total. The number of nitrogens with zero attached hydrogens (tertiary/aromatic N) is 3. The molecule has 0 atom stereocenters. The van der Waals surface area contributed by atoms with E-state index in [1.54, 1.807) is 37.4 Å². The van der Waals surface area contributed by atoms with E-state index >= 15 is 0 Å². The van der Waals surface area contributed by atoms with Crippen molar-refractivity contribution in [3.05, 3.63) is 71.6 Å². The van der Waals surface area contributed by atoms with Crippen LogP contribution in [0.1, 0.15) is 12.2 Å². The maximum absolute atomic E-state index is 13.6. The molecule has 1 amide bonds. The van der Waals surface area contributed by atoms with E-state index < -0.39 is 16.1 Å². The van der Waals surface area contributed by atoms with Gasteiger partial charge in [-0.25, -0.2) is 23.2 Å². The van der Waals surface area contributed by atoms with Crippen LogP contribution in [0.15, 0.2) is 65.7 Å². The highest BCUT2D eigenvalue weighted by molar-refractivity contribution is 7.92. The van der Waals surface area contributed by atoms with Gasteiger partial charge in [-0.1, -0.05) is 17.7 Å². The zero-order valence-corrected chi connectivity index (χ0v) is 26.8. The van der Waals surface area contributed by atoms with Gasteiger partial charge < -0.3 is 33.2 Å². The number of carbonyl (C=O) groups is 1. The minimum Gasteiger partial charge on any atom is -0.497 e.